The normalized spacial score (nSPS) is 21.6. The van der Waals surface area contributed by atoms with E-state index < -0.39 is 5.97 Å². The molecule has 112 valence electrons. The summed E-state index contributed by atoms with van der Waals surface area (Å²) in [6, 6.07) is 10.0. The van der Waals surface area contributed by atoms with Gasteiger partial charge in [0.1, 0.15) is 6.10 Å². The van der Waals surface area contributed by atoms with Gasteiger partial charge >= 0.3 is 5.97 Å². The molecule has 1 aromatic rings. The van der Waals surface area contributed by atoms with E-state index in [1.807, 2.05) is 50.5 Å². The monoisotopic (exact) mass is 288 g/mol. The van der Waals surface area contributed by atoms with Gasteiger partial charge in [-0.05, 0) is 11.6 Å². The Kier molecular flexibility index (Phi) is 4.98. The Morgan fingerprint density at radius 2 is 2.10 bits per heavy atom. The smallest absolute Gasteiger partial charge is 0.373 e. The highest BCUT2D eigenvalue weighted by Gasteiger charge is 2.27. The van der Waals surface area contributed by atoms with Crippen LogP contribution in [0, 0.1) is 0 Å². The maximum absolute atomic E-state index is 11.8. The lowest BCUT2D eigenvalue weighted by molar-refractivity contribution is -0.141. The quantitative estimate of drug-likeness (QED) is 0.484. The van der Waals surface area contributed by atoms with Crippen molar-refractivity contribution in [3.05, 3.63) is 47.7 Å². The average molecular weight is 288 g/mol. The van der Waals surface area contributed by atoms with Gasteiger partial charge in [0.05, 0.1) is 13.3 Å². The summed E-state index contributed by atoms with van der Waals surface area (Å²) in [5, 5.41) is 5.89. The van der Waals surface area contributed by atoms with Gasteiger partial charge in [-0.15, -0.1) is 0 Å². The van der Waals surface area contributed by atoms with Crippen LogP contribution in [0.1, 0.15) is 17.9 Å². The zero-order chi connectivity index (χ0) is 15.2. The molecule has 21 heavy (non-hydrogen) atoms. The SMILES string of the molecule is COC(=O)C1=C[C@@H](c2ccccc2)C[C@@H](/C=N/N(C)C)O1. The molecule has 0 fully saturated rings. The number of nitrogens with zero attached hydrogens (tertiary/aromatic N) is 2. The van der Waals surface area contributed by atoms with E-state index >= 15 is 0 Å². The average Bonchev–Trinajstić information content (AvgIpc) is 2.52. The molecular weight excluding hydrogens is 268 g/mol. The Bertz CT molecular complexity index is 538. The molecule has 1 aliphatic rings. The Morgan fingerprint density at radius 3 is 2.71 bits per heavy atom. The lowest BCUT2D eigenvalue weighted by Crippen LogP contribution is -2.27. The number of rotatable bonds is 4. The van der Waals surface area contributed by atoms with Gasteiger partial charge in [-0.2, -0.15) is 5.10 Å². The molecule has 0 spiro atoms. The third-order valence-electron chi connectivity index (χ3n) is 3.20. The van der Waals surface area contributed by atoms with Crippen molar-refractivity contribution < 1.29 is 14.3 Å². The summed E-state index contributed by atoms with van der Waals surface area (Å²) in [6.07, 6.45) is 4.02. The fourth-order valence-corrected chi connectivity index (χ4v) is 2.20. The molecule has 5 heteroatoms. The molecule has 0 aromatic heterocycles. The van der Waals surface area contributed by atoms with E-state index in [1.165, 1.54) is 7.11 Å². The summed E-state index contributed by atoms with van der Waals surface area (Å²) in [7, 11) is 5.03. The van der Waals surface area contributed by atoms with Gasteiger partial charge in [0.25, 0.3) is 0 Å². The van der Waals surface area contributed by atoms with E-state index in [0.29, 0.717) is 0 Å². The molecule has 0 radical (unpaired) electrons. The van der Waals surface area contributed by atoms with E-state index in [2.05, 4.69) is 5.10 Å². The van der Waals surface area contributed by atoms with Crippen LogP contribution < -0.4 is 0 Å². The van der Waals surface area contributed by atoms with Gasteiger partial charge < -0.3 is 14.5 Å². The molecule has 0 saturated heterocycles. The zero-order valence-corrected chi connectivity index (χ0v) is 12.5. The second-order valence-corrected chi connectivity index (χ2v) is 5.04. The van der Waals surface area contributed by atoms with Crippen LogP contribution in [0.4, 0.5) is 0 Å². The molecule has 0 unspecified atom stereocenters. The molecule has 0 amide bonds. The number of esters is 1. The van der Waals surface area contributed by atoms with Crippen LogP contribution >= 0.6 is 0 Å². The van der Waals surface area contributed by atoms with E-state index in [1.54, 1.807) is 11.2 Å². The topological polar surface area (TPSA) is 51.1 Å². The van der Waals surface area contributed by atoms with Crippen LogP contribution in [-0.2, 0) is 14.3 Å². The molecule has 1 aromatic carbocycles. The first-order chi connectivity index (χ1) is 10.1. The number of hydrazone groups is 1. The Hall–Kier alpha value is -2.30. The van der Waals surface area contributed by atoms with Crippen molar-refractivity contribution in [1.82, 2.24) is 5.01 Å². The number of hydrogen-bond acceptors (Lipinski definition) is 5. The maximum atomic E-state index is 11.8. The van der Waals surface area contributed by atoms with Crippen LogP contribution in [0.15, 0.2) is 47.3 Å². The highest BCUT2D eigenvalue weighted by molar-refractivity contribution is 5.87. The minimum atomic E-state index is -0.459. The van der Waals surface area contributed by atoms with Crippen molar-refractivity contribution >= 4 is 12.2 Å². The summed E-state index contributed by atoms with van der Waals surface area (Å²) < 4.78 is 10.4. The summed E-state index contributed by atoms with van der Waals surface area (Å²) in [5.74, 6) is -0.112. The molecule has 0 aliphatic carbocycles. The minimum absolute atomic E-state index is 0.104. The van der Waals surface area contributed by atoms with E-state index in [0.717, 1.165) is 12.0 Å². The molecule has 0 bridgehead atoms. The highest BCUT2D eigenvalue weighted by Crippen LogP contribution is 2.30. The zero-order valence-electron chi connectivity index (χ0n) is 12.5. The fourth-order valence-electron chi connectivity index (χ4n) is 2.20. The molecule has 2 rings (SSSR count). The van der Waals surface area contributed by atoms with Crippen molar-refractivity contribution in [1.29, 1.82) is 0 Å². The Balaban J connectivity index is 2.24. The summed E-state index contributed by atoms with van der Waals surface area (Å²) in [5.41, 5.74) is 1.14. The van der Waals surface area contributed by atoms with Crippen LogP contribution in [0.3, 0.4) is 0 Å². The van der Waals surface area contributed by atoms with Crippen LogP contribution in [0.25, 0.3) is 0 Å². The summed E-state index contributed by atoms with van der Waals surface area (Å²) in [6.45, 7) is 0. The van der Waals surface area contributed by atoms with Crippen LogP contribution in [0.5, 0.6) is 0 Å². The minimum Gasteiger partial charge on any atom is -0.478 e. The van der Waals surface area contributed by atoms with Crippen molar-refractivity contribution in [3.63, 3.8) is 0 Å². The van der Waals surface area contributed by atoms with Crippen molar-refractivity contribution in [2.75, 3.05) is 21.2 Å². The first-order valence-corrected chi connectivity index (χ1v) is 6.83. The van der Waals surface area contributed by atoms with Crippen molar-refractivity contribution in [2.45, 2.75) is 18.4 Å². The molecule has 5 nitrogen and oxygen atoms in total. The van der Waals surface area contributed by atoms with E-state index in [4.69, 9.17) is 9.47 Å². The fraction of sp³-hybridized carbons (Fsp3) is 0.375. The predicted molar refractivity (Wildman–Crippen MR) is 81.0 cm³/mol. The van der Waals surface area contributed by atoms with Crippen LogP contribution in [0.2, 0.25) is 0 Å². The molecular formula is C16H20N2O3. The van der Waals surface area contributed by atoms with Gasteiger partial charge in [-0.25, -0.2) is 4.79 Å². The largest absolute Gasteiger partial charge is 0.478 e. The number of carbonyl (C=O) groups is 1. The Labute approximate surface area is 124 Å². The Morgan fingerprint density at radius 1 is 1.38 bits per heavy atom. The molecule has 0 saturated carbocycles. The number of methoxy groups -OCH3 is 1. The second kappa shape index (κ2) is 6.92. The van der Waals surface area contributed by atoms with E-state index in [-0.39, 0.29) is 17.8 Å². The number of carbonyl (C=O) groups excluding carboxylic acids is 1. The standard InChI is InChI=1S/C16H20N2O3/c1-18(2)17-11-14-9-13(12-7-5-4-6-8-12)10-15(21-14)16(19)20-3/h4-8,10-11,13-14H,9H2,1-3H3/b17-11+/t13-,14-/m0/s1. The molecule has 2 atom stereocenters. The third-order valence-corrected chi connectivity index (χ3v) is 3.20. The van der Waals surface area contributed by atoms with Crippen molar-refractivity contribution in [2.24, 2.45) is 5.10 Å². The van der Waals surface area contributed by atoms with E-state index in [9.17, 15) is 4.79 Å². The van der Waals surface area contributed by atoms with Gasteiger partial charge in [0.15, 0.2) is 0 Å². The van der Waals surface area contributed by atoms with Gasteiger partial charge in [0.2, 0.25) is 5.76 Å². The lowest BCUT2D eigenvalue weighted by atomic mass is 9.91. The summed E-state index contributed by atoms with van der Waals surface area (Å²) >= 11 is 0. The lowest BCUT2D eigenvalue weighted by Gasteiger charge is -2.26. The summed E-state index contributed by atoms with van der Waals surface area (Å²) in [4.78, 5) is 11.8. The molecule has 1 aliphatic heterocycles. The highest BCUT2D eigenvalue weighted by atomic mass is 16.6. The van der Waals surface area contributed by atoms with Gasteiger partial charge in [-0.1, -0.05) is 30.3 Å². The maximum Gasteiger partial charge on any atom is 0.373 e. The number of benzene rings is 1. The van der Waals surface area contributed by atoms with Gasteiger partial charge in [-0.3, -0.25) is 0 Å². The first kappa shape index (κ1) is 15.1. The van der Waals surface area contributed by atoms with Crippen LogP contribution in [-0.4, -0.2) is 44.5 Å². The van der Waals surface area contributed by atoms with Gasteiger partial charge in [0, 0.05) is 26.4 Å². The number of ether oxygens (including phenoxy) is 2. The second-order valence-electron chi connectivity index (χ2n) is 5.04. The number of allylic oxidation sites excluding steroid dienone is 1. The third kappa shape index (κ3) is 4.08. The predicted octanol–water partition coefficient (Wildman–Crippen LogP) is 2.16. The molecule has 1 heterocycles. The molecule has 0 N–H and O–H groups in total. The number of hydrogen-bond donors (Lipinski definition) is 0. The first-order valence-electron chi connectivity index (χ1n) is 6.83. The van der Waals surface area contributed by atoms with Crippen molar-refractivity contribution in [3.8, 4) is 0 Å².